The second-order valence-electron chi connectivity index (χ2n) is 9.21. The summed E-state index contributed by atoms with van der Waals surface area (Å²) in [6.07, 6.45) is -5.43. The van der Waals surface area contributed by atoms with Crippen LogP contribution >= 0.6 is 0 Å². The summed E-state index contributed by atoms with van der Waals surface area (Å²) in [5.74, 6) is -3.13. The number of aliphatic carboxylic acids is 1. The van der Waals surface area contributed by atoms with Gasteiger partial charge in [-0.2, -0.15) is 13.2 Å². The fraction of sp³-hybridized carbons (Fsp3) is 0.133. The number of rotatable bonds is 5. The molecule has 4 aromatic carbocycles. The number of hydrogen-bond acceptors (Lipinski definition) is 3. The average Bonchev–Trinajstić information content (AvgIpc) is 2.88. The number of anilines is 1. The molecule has 0 saturated carbocycles. The van der Waals surface area contributed by atoms with E-state index >= 15 is 4.39 Å². The first kappa shape index (κ1) is 26.1. The van der Waals surface area contributed by atoms with Crippen LogP contribution in [0.4, 0.5) is 33.3 Å². The molecular formula is C30H21F5N2O2. The molecule has 1 aliphatic heterocycles. The number of carboxylic acids is 1. The van der Waals surface area contributed by atoms with Crippen molar-refractivity contribution < 1.29 is 31.9 Å². The highest BCUT2D eigenvalue weighted by atomic mass is 19.4. The van der Waals surface area contributed by atoms with Crippen molar-refractivity contribution in [1.82, 2.24) is 0 Å². The topological polar surface area (TPSA) is 52.9 Å². The molecule has 1 aliphatic rings. The fourth-order valence-corrected chi connectivity index (χ4v) is 4.73. The number of hydrogen-bond donors (Lipinski definition) is 1. The molecule has 0 aliphatic carbocycles. The first-order valence-electron chi connectivity index (χ1n) is 12.0. The summed E-state index contributed by atoms with van der Waals surface area (Å²) in [7, 11) is 0. The normalized spacial score (nSPS) is 15.1. The van der Waals surface area contributed by atoms with Gasteiger partial charge in [0.1, 0.15) is 23.2 Å². The molecule has 1 N–H and O–H groups in total. The standard InChI is InChI=1S/C30H21F5N2O2/c1-17-4-2-5-20(14-17)18-8-10-19(11-9-18)29-36-28-22(6-3-7-24(28)32)25(16-27(38)39)37(29)26-15-21(30(33,34)35)12-13-23(26)31/h2-15,25H,16H2,1H3,(H,38,39). The number of aryl methyl sites for hydroxylation is 1. The molecule has 9 heteroatoms. The van der Waals surface area contributed by atoms with Gasteiger partial charge in [0.15, 0.2) is 0 Å². The van der Waals surface area contributed by atoms with Crippen LogP contribution in [0.25, 0.3) is 11.1 Å². The molecule has 0 saturated heterocycles. The molecule has 4 aromatic rings. The molecule has 1 unspecified atom stereocenters. The Hall–Kier alpha value is -4.53. The van der Waals surface area contributed by atoms with Crippen molar-refractivity contribution in [3.05, 3.63) is 119 Å². The summed E-state index contributed by atoms with van der Waals surface area (Å²) >= 11 is 0. The van der Waals surface area contributed by atoms with Gasteiger partial charge in [0.05, 0.1) is 23.7 Å². The van der Waals surface area contributed by atoms with Gasteiger partial charge in [-0.15, -0.1) is 0 Å². The molecular weight excluding hydrogens is 515 g/mol. The van der Waals surface area contributed by atoms with Gasteiger partial charge < -0.3 is 10.0 Å². The van der Waals surface area contributed by atoms with Crippen LogP contribution in [-0.4, -0.2) is 16.9 Å². The third-order valence-corrected chi connectivity index (χ3v) is 6.53. The second-order valence-corrected chi connectivity index (χ2v) is 9.21. The molecule has 1 heterocycles. The third kappa shape index (κ3) is 5.12. The van der Waals surface area contributed by atoms with Gasteiger partial charge in [-0.1, -0.05) is 66.2 Å². The third-order valence-electron chi connectivity index (χ3n) is 6.53. The predicted octanol–water partition coefficient (Wildman–Crippen LogP) is 8.07. The fourth-order valence-electron chi connectivity index (χ4n) is 4.73. The Morgan fingerprint density at radius 2 is 1.56 bits per heavy atom. The van der Waals surface area contributed by atoms with Gasteiger partial charge in [-0.05, 0) is 42.3 Å². The minimum Gasteiger partial charge on any atom is -0.481 e. The van der Waals surface area contributed by atoms with Gasteiger partial charge in [0, 0.05) is 11.1 Å². The second kappa shape index (κ2) is 9.98. The van der Waals surface area contributed by atoms with Crippen LogP contribution in [-0.2, 0) is 11.0 Å². The monoisotopic (exact) mass is 536 g/mol. The van der Waals surface area contributed by atoms with Gasteiger partial charge >= 0.3 is 12.1 Å². The van der Waals surface area contributed by atoms with E-state index in [4.69, 9.17) is 0 Å². The van der Waals surface area contributed by atoms with E-state index in [1.54, 1.807) is 24.3 Å². The van der Waals surface area contributed by atoms with E-state index in [1.807, 2.05) is 31.2 Å². The minimum absolute atomic E-state index is 0.0760. The lowest BCUT2D eigenvalue weighted by Gasteiger charge is -2.38. The number of nitrogens with zero attached hydrogens (tertiary/aromatic N) is 2. The molecule has 39 heavy (non-hydrogen) atoms. The Kier molecular flexibility index (Phi) is 6.68. The predicted molar refractivity (Wildman–Crippen MR) is 138 cm³/mol. The lowest BCUT2D eigenvalue weighted by atomic mass is 9.94. The van der Waals surface area contributed by atoms with Crippen molar-refractivity contribution in [2.45, 2.75) is 25.6 Å². The molecule has 0 fully saturated rings. The summed E-state index contributed by atoms with van der Waals surface area (Å²) in [4.78, 5) is 17.4. The number of benzene rings is 4. The van der Waals surface area contributed by atoms with E-state index in [-0.39, 0.29) is 17.1 Å². The maximum atomic E-state index is 15.2. The summed E-state index contributed by atoms with van der Waals surface area (Å²) in [5.41, 5.74) is 1.48. The van der Waals surface area contributed by atoms with Crippen LogP contribution in [0.3, 0.4) is 0 Å². The lowest BCUT2D eigenvalue weighted by Crippen LogP contribution is -2.40. The van der Waals surface area contributed by atoms with E-state index < -0.39 is 47.5 Å². The summed E-state index contributed by atoms with van der Waals surface area (Å²) in [6.45, 7) is 1.95. The minimum atomic E-state index is -4.78. The van der Waals surface area contributed by atoms with E-state index in [2.05, 4.69) is 4.99 Å². The number of para-hydroxylation sites is 1. The molecule has 0 amide bonds. The van der Waals surface area contributed by atoms with Crippen molar-refractivity contribution >= 4 is 23.2 Å². The van der Waals surface area contributed by atoms with Crippen molar-refractivity contribution in [3.8, 4) is 11.1 Å². The zero-order valence-electron chi connectivity index (χ0n) is 20.5. The highest BCUT2D eigenvalue weighted by Gasteiger charge is 2.38. The Labute approximate surface area is 220 Å². The number of halogens is 5. The summed E-state index contributed by atoms with van der Waals surface area (Å²) < 4.78 is 71.0. The largest absolute Gasteiger partial charge is 0.481 e. The molecule has 0 aromatic heterocycles. The number of aliphatic imine (C=N–C) groups is 1. The van der Waals surface area contributed by atoms with Crippen LogP contribution in [0.15, 0.2) is 89.9 Å². The first-order valence-corrected chi connectivity index (χ1v) is 12.0. The Balaban J connectivity index is 1.72. The van der Waals surface area contributed by atoms with E-state index in [0.29, 0.717) is 23.8 Å². The van der Waals surface area contributed by atoms with Crippen molar-refractivity contribution in [2.24, 2.45) is 4.99 Å². The van der Waals surface area contributed by atoms with E-state index in [1.165, 1.54) is 12.1 Å². The van der Waals surface area contributed by atoms with Crippen LogP contribution in [0.1, 0.15) is 34.7 Å². The van der Waals surface area contributed by atoms with Gasteiger partial charge in [-0.25, -0.2) is 13.8 Å². The number of alkyl halides is 3. The van der Waals surface area contributed by atoms with Gasteiger partial charge in [0.25, 0.3) is 0 Å². The molecule has 0 radical (unpaired) electrons. The zero-order chi connectivity index (χ0) is 27.9. The van der Waals surface area contributed by atoms with Crippen molar-refractivity contribution in [2.75, 3.05) is 4.90 Å². The van der Waals surface area contributed by atoms with Crippen LogP contribution < -0.4 is 4.90 Å². The Morgan fingerprint density at radius 3 is 2.23 bits per heavy atom. The molecule has 198 valence electrons. The maximum Gasteiger partial charge on any atom is 0.416 e. The number of carboxylic acid groups (broad SMARTS) is 1. The zero-order valence-corrected chi connectivity index (χ0v) is 20.5. The summed E-state index contributed by atoms with van der Waals surface area (Å²) in [6, 6.07) is 19.1. The van der Waals surface area contributed by atoms with Crippen molar-refractivity contribution in [1.29, 1.82) is 0 Å². The van der Waals surface area contributed by atoms with Gasteiger partial charge in [0.2, 0.25) is 0 Å². The van der Waals surface area contributed by atoms with E-state index in [0.717, 1.165) is 27.7 Å². The smallest absolute Gasteiger partial charge is 0.416 e. The SMILES string of the molecule is Cc1cccc(-c2ccc(C3=Nc4c(F)cccc4C(CC(=O)O)N3c3cc(C(F)(F)F)ccc3F)cc2)c1. The van der Waals surface area contributed by atoms with Crippen LogP contribution in [0.2, 0.25) is 0 Å². The molecule has 0 bridgehead atoms. The molecule has 4 nitrogen and oxygen atoms in total. The number of fused-ring (bicyclic) bond motifs is 1. The Morgan fingerprint density at radius 1 is 0.872 bits per heavy atom. The van der Waals surface area contributed by atoms with E-state index in [9.17, 15) is 27.5 Å². The molecule has 0 spiro atoms. The van der Waals surface area contributed by atoms with Crippen LogP contribution in [0, 0.1) is 18.6 Å². The molecule has 1 atom stereocenters. The molecule has 5 rings (SSSR count). The average molecular weight is 537 g/mol. The maximum absolute atomic E-state index is 15.2. The van der Waals surface area contributed by atoms with Crippen LogP contribution in [0.5, 0.6) is 0 Å². The van der Waals surface area contributed by atoms with Crippen molar-refractivity contribution in [3.63, 3.8) is 0 Å². The summed E-state index contributed by atoms with van der Waals surface area (Å²) in [5, 5.41) is 9.69. The highest BCUT2D eigenvalue weighted by Crippen LogP contribution is 2.44. The Bertz CT molecular complexity index is 1600. The first-order chi connectivity index (χ1) is 18.5. The highest BCUT2D eigenvalue weighted by molar-refractivity contribution is 6.13. The van der Waals surface area contributed by atoms with Gasteiger partial charge in [-0.3, -0.25) is 4.79 Å². The number of amidine groups is 1. The number of carbonyl (C=O) groups is 1. The quantitative estimate of drug-likeness (QED) is 0.263. The lowest BCUT2D eigenvalue weighted by molar-refractivity contribution is -0.138.